The number of aromatic hydroxyl groups is 1. The maximum atomic E-state index is 12.2. The van der Waals surface area contributed by atoms with E-state index >= 15 is 0 Å². The Balaban J connectivity index is 2.24. The first-order valence-electron chi connectivity index (χ1n) is 5.71. The summed E-state index contributed by atoms with van der Waals surface area (Å²) in [5.74, 6) is -1.56. The first-order valence-corrected chi connectivity index (χ1v) is 7.87. The molecule has 1 amide bonds. The molecule has 0 radical (unpaired) electrons. The molecule has 0 fully saturated rings. The highest BCUT2D eigenvalue weighted by atomic mass is 127. The van der Waals surface area contributed by atoms with Gasteiger partial charge >= 0.3 is 5.97 Å². The molecule has 0 bridgehead atoms. The monoisotopic (exact) mass is 509 g/mol. The zero-order valence-electron chi connectivity index (χ0n) is 10.4. The lowest BCUT2D eigenvalue weighted by Crippen LogP contribution is -2.13. The molecule has 3 N–H and O–H groups in total. The lowest BCUT2D eigenvalue weighted by molar-refractivity contribution is 0.0696. The Labute approximate surface area is 147 Å². The lowest BCUT2D eigenvalue weighted by Gasteiger charge is -2.09. The van der Waals surface area contributed by atoms with Gasteiger partial charge in [-0.3, -0.25) is 4.79 Å². The number of carbonyl (C=O) groups excluding carboxylic acids is 1. The van der Waals surface area contributed by atoms with Crippen LogP contribution in [0.4, 0.5) is 5.69 Å². The van der Waals surface area contributed by atoms with Crippen LogP contribution in [0.3, 0.4) is 0 Å². The molecular formula is C14H9I2NO4. The van der Waals surface area contributed by atoms with Crippen LogP contribution in [-0.4, -0.2) is 22.1 Å². The van der Waals surface area contributed by atoms with Gasteiger partial charge in [-0.1, -0.05) is 0 Å². The second kappa shape index (κ2) is 6.60. The summed E-state index contributed by atoms with van der Waals surface area (Å²) >= 11 is 4.01. The van der Waals surface area contributed by atoms with Crippen molar-refractivity contribution in [3.63, 3.8) is 0 Å². The number of phenols is 1. The van der Waals surface area contributed by atoms with Gasteiger partial charge in [0.25, 0.3) is 5.91 Å². The van der Waals surface area contributed by atoms with Crippen molar-refractivity contribution in [2.45, 2.75) is 0 Å². The quantitative estimate of drug-likeness (QED) is 0.553. The third-order valence-electron chi connectivity index (χ3n) is 2.66. The molecule has 2 aromatic rings. The van der Waals surface area contributed by atoms with E-state index in [1.807, 2.05) is 22.6 Å². The summed E-state index contributed by atoms with van der Waals surface area (Å²) in [4.78, 5) is 22.9. The number of carboxylic acid groups (broad SMARTS) is 1. The number of benzene rings is 2. The first kappa shape index (κ1) is 16.0. The summed E-state index contributed by atoms with van der Waals surface area (Å²) in [6.07, 6.45) is 0. The topological polar surface area (TPSA) is 86.6 Å². The molecule has 0 aliphatic carbocycles. The van der Waals surface area contributed by atoms with E-state index in [0.717, 1.165) is 3.57 Å². The van der Waals surface area contributed by atoms with E-state index in [9.17, 15) is 14.7 Å². The van der Waals surface area contributed by atoms with Crippen LogP contribution < -0.4 is 5.32 Å². The van der Waals surface area contributed by atoms with E-state index in [4.69, 9.17) is 5.11 Å². The molecule has 0 saturated heterocycles. The summed E-state index contributed by atoms with van der Waals surface area (Å²) < 4.78 is 1.42. The molecule has 0 aliphatic rings. The SMILES string of the molecule is O=C(O)c1ccc(NC(=O)c2cc(I)cc(I)c2O)cc1. The molecule has 0 aromatic heterocycles. The zero-order valence-corrected chi connectivity index (χ0v) is 14.7. The van der Waals surface area contributed by atoms with Gasteiger partial charge in [0.15, 0.2) is 0 Å². The molecule has 0 aliphatic heterocycles. The minimum Gasteiger partial charge on any atom is -0.506 e. The molecule has 5 nitrogen and oxygen atoms in total. The van der Waals surface area contributed by atoms with Gasteiger partial charge in [-0.2, -0.15) is 0 Å². The van der Waals surface area contributed by atoms with E-state index in [0.29, 0.717) is 9.26 Å². The van der Waals surface area contributed by atoms with E-state index in [1.165, 1.54) is 24.3 Å². The predicted molar refractivity (Wildman–Crippen MR) is 94.9 cm³/mol. The maximum Gasteiger partial charge on any atom is 0.335 e. The molecule has 7 heteroatoms. The predicted octanol–water partition coefficient (Wildman–Crippen LogP) is 3.55. The van der Waals surface area contributed by atoms with Crippen LogP contribution in [0.25, 0.3) is 0 Å². The van der Waals surface area contributed by atoms with Gasteiger partial charge in [-0.05, 0) is 81.6 Å². The fraction of sp³-hybridized carbons (Fsp3) is 0. The van der Waals surface area contributed by atoms with Gasteiger partial charge in [0.05, 0.1) is 14.7 Å². The molecular weight excluding hydrogens is 500 g/mol. The minimum atomic E-state index is -1.03. The van der Waals surface area contributed by atoms with Gasteiger partial charge in [0.1, 0.15) is 5.75 Å². The van der Waals surface area contributed by atoms with E-state index in [2.05, 4.69) is 27.9 Å². The fourth-order valence-electron chi connectivity index (χ4n) is 1.63. The second-order valence-electron chi connectivity index (χ2n) is 4.12. The standard InChI is InChI=1S/C14H9I2NO4/c15-8-5-10(12(18)11(16)6-8)13(19)17-9-3-1-7(2-4-9)14(20)21/h1-6,18H,(H,17,19)(H,20,21). The highest BCUT2D eigenvalue weighted by Gasteiger charge is 2.15. The number of rotatable bonds is 3. The molecule has 0 spiro atoms. The van der Waals surface area contributed by atoms with Crippen LogP contribution in [0, 0.1) is 7.14 Å². The Morgan fingerprint density at radius 3 is 2.24 bits per heavy atom. The van der Waals surface area contributed by atoms with Gasteiger partial charge in [-0.25, -0.2) is 4.79 Å². The smallest absolute Gasteiger partial charge is 0.335 e. The van der Waals surface area contributed by atoms with Crippen LogP contribution in [0.1, 0.15) is 20.7 Å². The number of carbonyl (C=O) groups is 2. The van der Waals surface area contributed by atoms with Gasteiger partial charge < -0.3 is 15.5 Å². The molecule has 0 atom stereocenters. The van der Waals surface area contributed by atoms with Crippen LogP contribution in [0.2, 0.25) is 0 Å². The lowest BCUT2D eigenvalue weighted by atomic mass is 10.1. The van der Waals surface area contributed by atoms with Crippen molar-refractivity contribution in [2.24, 2.45) is 0 Å². The molecule has 0 heterocycles. The van der Waals surface area contributed by atoms with Crippen molar-refractivity contribution in [2.75, 3.05) is 5.32 Å². The number of halogens is 2. The Morgan fingerprint density at radius 1 is 1.05 bits per heavy atom. The molecule has 2 aromatic carbocycles. The van der Waals surface area contributed by atoms with E-state index < -0.39 is 11.9 Å². The van der Waals surface area contributed by atoms with Crippen LogP contribution in [0.15, 0.2) is 36.4 Å². The molecule has 0 unspecified atom stereocenters. The Bertz CT molecular complexity index is 714. The minimum absolute atomic E-state index is 0.0735. The number of carboxylic acids is 1. The van der Waals surface area contributed by atoms with Crippen LogP contribution >= 0.6 is 45.2 Å². The summed E-state index contributed by atoms with van der Waals surface area (Å²) in [5.41, 5.74) is 0.770. The highest BCUT2D eigenvalue weighted by Crippen LogP contribution is 2.27. The number of amides is 1. The first-order chi connectivity index (χ1) is 9.88. The molecule has 108 valence electrons. The number of hydrogen-bond donors (Lipinski definition) is 3. The zero-order chi connectivity index (χ0) is 15.6. The summed E-state index contributed by atoms with van der Waals surface area (Å²) in [6, 6.07) is 9.13. The average Bonchev–Trinajstić information content (AvgIpc) is 2.43. The van der Waals surface area contributed by atoms with Gasteiger partial charge in [0, 0.05) is 9.26 Å². The molecule has 0 saturated carbocycles. The number of anilines is 1. The average molecular weight is 509 g/mol. The Morgan fingerprint density at radius 2 is 1.67 bits per heavy atom. The molecule has 2 rings (SSSR count). The Kier molecular flexibility index (Phi) is 5.04. The van der Waals surface area contributed by atoms with Crippen molar-refractivity contribution in [1.29, 1.82) is 0 Å². The summed E-state index contributed by atoms with van der Waals surface area (Å²) in [5, 5.41) is 21.4. The van der Waals surface area contributed by atoms with Crippen LogP contribution in [0.5, 0.6) is 5.75 Å². The van der Waals surface area contributed by atoms with Crippen molar-refractivity contribution in [3.8, 4) is 5.75 Å². The third-order valence-corrected chi connectivity index (χ3v) is 4.11. The van der Waals surface area contributed by atoms with Crippen molar-refractivity contribution in [1.82, 2.24) is 0 Å². The van der Waals surface area contributed by atoms with Gasteiger partial charge in [0.2, 0.25) is 0 Å². The summed E-state index contributed by atoms with van der Waals surface area (Å²) in [7, 11) is 0. The largest absolute Gasteiger partial charge is 0.506 e. The normalized spacial score (nSPS) is 10.2. The second-order valence-corrected chi connectivity index (χ2v) is 6.53. The van der Waals surface area contributed by atoms with E-state index in [-0.39, 0.29) is 16.9 Å². The maximum absolute atomic E-state index is 12.2. The number of hydrogen-bond acceptors (Lipinski definition) is 3. The van der Waals surface area contributed by atoms with E-state index in [1.54, 1.807) is 12.1 Å². The van der Waals surface area contributed by atoms with Gasteiger partial charge in [-0.15, -0.1) is 0 Å². The van der Waals surface area contributed by atoms with Crippen molar-refractivity contribution >= 4 is 62.7 Å². The summed E-state index contributed by atoms with van der Waals surface area (Å²) in [6.45, 7) is 0. The number of nitrogens with one attached hydrogen (secondary N) is 1. The number of aromatic carboxylic acids is 1. The van der Waals surface area contributed by atoms with Crippen molar-refractivity contribution < 1.29 is 19.8 Å². The Hall–Kier alpha value is -1.36. The van der Waals surface area contributed by atoms with Crippen LogP contribution in [-0.2, 0) is 0 Å². The number of phenolic OH excluding ortho intramolecular Hbond substituents is 1. The molecule has 21 heavy (non-hydrogen) atoms. The highest BCUT2D eigenvalue weighted by molar-refractivity contribution is 14.1. The van der Waals surface area contributed by atoms with Crippen molar-refractivity contribution in [3.05, 3.63) is 54.7 Å². The fourth-order valence-corrected chi connectivity index (χ4v) is 3.48. The third kappa shape index (κ3) is 3.84.